The maximum Gasteiger partial charge on any atom is 0.354 e. The maximum absolute atomic E-state index is 13.2. The first-order chi connectivity index (χ1) is 28.2. The van der Waals surface area contributed by atoms with Crippen molar-refractivity contribution in [3.8, 4) is 28.5 Å². The second-order valence-electron chi connectivity index (χ2n) is 14.1. The number of carbonyl (C=O) groups is 1. The number of aryl methyl sites for hydroxylation is 3. The first kappa shape index (κ1) is 42.1. The third kappa shape index (κ3) is 9.96. The van der Waals surface area contributed by atoms with Gasteiger partial charge in [0.05, 0.1) is 12.6 Å². The number of allylic oxidation sites excluding steroid dienone is 6. The van der Waals surface area contributed by atoms with Crippen LogP contribution in [0.3, 0.4) is 0 Å². The number of carboxylic acid groups (broad SMARTS) is 1. The number of carboxylic acids is 1. The molecular formula is C48H38F2IrN5O3-. The van der Waals surface area contributed by atoms with E-state index in [-0.39, 0.29) is 37.1 Å². The van der Waals surface area contributed by atoms with E-state index in [4.69, 9.17) is 16.4 Å². The zero-order valence-corrected chi connectivity index (χ0v) is 34.5. The summed E-state index contributed by atoms with van der Waals surface area (Å²) in [5, 5.41) is 18.5. The molecule has 11 heteroatoms. The van der Waals surface area contributed by atoms with Crippen LogP contribution < -0.4 is 4.90 Å². The molecule has 0 aliphatic carbocycles. The molecule has 1 N–H and O–H groups in total. The van der Waals surface area contributed by atoms with Crippen molar-refractivity contribution in [3.05, 3.63) is 189 Å². The number of nitrogens with zero attached hydrogens (tertiary/aromatic N) is 5. The van der Waals surface area contributed by atoms with Crippen LogP contribution in [-0.2, 0) is 50.5 Å². The molecule has 5 heterocycles. The summed E-state index contributed by atoms with van der Waals surface area (Å²) in [4.78, 5) is 25.0. The minimum atomic E-state index is -1.02. The molecule has 3 aliphatic heterocycles. The second kappa shape index (κ2) is 19.3. The molecule has 8 rings (SSSR count). The van der Waals surface area contributed by atoms with Gasteiger partial charge in [0.2, 0.25) is 0 Å². The van der Waals surface area contributed by atoms with Crippen molar-refractivity contribution in [1.82, 2.24) is 9.97 Å². The molecule has 3 aromatic carbocycles. The first-order valence-electron chi connectivity index (χ1n) is 19.0. The summed E-state index contributed by atoms with van der Waals surface area (Å²) in [6, 6.07) is 26.0. The number of anilines is 1. The largest absolute Gasteiger partial charge is 0.477 e. The SMILES string of the molecule is Fc1c[c-]c(-c2ccccn2)c(F)c1.[C-]#[N+]/C(C#N)=C1/C=C(C)OC(/C=C/c2cc3c4c(c2-c2ccc(CCc5ccc(C(=O)O)nc5)cc2)CCCN4CCC3)=C1.[Ir]. The Morgan fingerprint density at radius 1 is 1.02 bits per heavy atom. The summed E-state index contributed by atoms with van der Waals surface area (Å²) in [6.45, 7) is 11.4. The fourth-order valence-corrected chi connectivity index (χ4v) is 7.54. The predicted molar refractivity (Wildman–Crippen MR) is 219 cm³/mol. The van der Waals surface area contributed by atoms with Gasteiger partial charge in [-0.2, -0.15) is 0 Å². The maximum atomic E-state index is 13.2. The van der Waals surface area contributed by atoms with Crippen LogP contribution >= 0.6 is 0 Å². The smallest absolute Gasteiger partial charge is 0.354 e. The molecule has 3 aliphatic rings. The van der Waals surface area contributed by atoms with Gasteiger partial charge in [-0.15, -0.1) is 12.1 Å². The van der Waals surface area contributed by atoms with Gasteiger partial charge in [-0.05, 0) is 132 Å². The van der Waals surface area contributed by atoms with E-state index in [1.807, 2.05) is 25.1 Å². The average Bonchev–Trinajstić information content (AvgIpc) is 3.24. The molecule has 0 bridgehead atoms. The monoisotopic (exact) mass is 963 g/mol. The number of nitriles is 1. The number of hydrogen-bond donors (Lipinski definition) is 1. The Kier molecular flexibility index (Phi) is 13.8. The molecule has 0 saturated carbocycles. The normalized spacial score (nSPS) is 14.8. The molecule has 0 atom stereocenters. The average molecular weight is 963 g/mol. The van der Waals surface area contributed by atoms with Gasteiger partial charge in [-0.3, -0.25) is 8.78 Å². The number of benzene rings is 3. The number of aromatic nitrogens is 2. The number of hydrogen-bond acceptors (Lipinski definition) is 6. The fourth-order valence-electron chi connectivity index (χ4n) is 7.54. The number of aromatic carboxylic acids is 1. The van der Waals surface area contributed by atoms with Gasteiger partial charge < -0.3 is 19.7 Å². The Morgan fingerprint density at radius 3 is 2.46 bits per heavy atom. The van der Waals surface area contributed by atoms with Crippen molar-refractivity contribution < 1.29 is 43.5 Å². The van der Waals surface area contributed by atoms with E-state index in [1.54, 1.807) is 48.8 Å². The quantitative estimate of drug-likeness (QED) is 0.122. The van der Waals surface area contributed by atoms with E-state index in [1.165, 1.54) is 33.5 Å². The van der Waals surface area contributed by atoms with Crippen molar-refractivity contribution in [2.24, 2.45) is 0 Å². The van der Waals surface area contributed by atoms with Gasteiger partial charge in [-0.25, -0.2) is 19.9 Å². The minimum absolute atomic E-state index is 0. The standard InChI is InChI=1S/C37H32N4O3.C11H6F2N.Ir/c1-24-19-30(34(22-38)39-2)21-31(44-24)15-14-28-20-29-5-3-17-41-18-4-6-32(36(29)41)35(28)27-12-9-25(10-13-27)7-8-26-11-16-33(37(42)43)40-23-26;12-8-4-5-9(10(13)7-8)11-3-1-2-6-14-11;/h9-16,19-21,23H,3-8,17-18H2,1H3,(H,42,43);1-4,6-7H;/q;-1;/b15-14+,34-30-;;. The zero-order chi connectivity index (χ0) is 40.6. The molecule has 59 heavy (non-hydrogen) atoms. The van der Waals surface area contributed by atoms with E-state index in [2.05, 4.69) is 62.2 Å². The number of rotatable bonds is 8. The summed E-state index contributed by atoms with van der Waals surface area (Å²) >= 11 is 0. The van der Waals surface area contributed by atoms with Crippen LogP contribution in [0.1, 0.15) is 58.1 Å². The molecular weight excluding hydrogens is 925 g/mol. The van der Waals surface area contributed by atoms with Gasteiger partial charge in [0, 0.05) is 62.9 Å². The molecule has 0 amide bonds. The molecule has 297 valence electrons. The summed E-state index contributed by atoms with van der Waals surface area (Å²) in [6.07, 6.45) is 16.7. The third-order valence-electron chi connectivity index (χ3n) is 10.2. The Balaban J connectivity index is 0.000000329. The van der Waals surface area contributed by atoms with Crippen LogP contribution in [0.15, 0.2) is 126 Å². The van der Waals surface area contributed by atoms with E-state index in [0.29, 0.717) is 22.8 Å². The van der Waals surface area contributed by atoms with E-state index < -0.39 is 17.6 Å². The van der Waals surface area contributed by atoms with Gasteiger partial charge in [0.1, 0.15) is 17.2 Å². The summed E-state index contributed by atoms with van der Waals surface area (Å²) in [5.41, 5.74) is 11.3. The molecule has 5 aromatic rings. The zero-order valence-electron chi connectivity index (χ0n) is 32.1. The predicted octanol–water partition coefficient (Wildman–Crippen LogP) is 10.3. The Morgan fingerprint density at radius 2 is 1.78 bits per heavy atom. The Hall–Kier alpha value is -6.52. The number of halogens is 2. The Labute approximate surface area is 355 Å². The first-order valence-corrected chi connectivity index (χ1v) is 19.0. The molecule has 0 saturated heterocycles. The Bertz CT molecular complexity index is 2550. The van der Waals surface area contributed by atoms with Gasteiger partial charge in [0.15, 0.2) is 0 Å². The van der Waals surface area contributed by atoms with Gasteiger partial charge >= 0.3 is 5.97 Å². The summed E-state index contributed by atoms with van der Waals surface area (Å²) in [7, 11) is 0. The van der Waals surface area contributed by atoms with Crippen LogP contribution in [-0.4, -0.2) is 34.1 Å². The topological polar surface area (TPSA) is 104 Å². The number of ether oxygens (including phenoxy) is 1. The van der Waals surface area contributed by atoms with Crippen molar-refractivity contribution in [3.63, 3.8) is 0 Å². The van der Waals surface area contributed by atoms with Crippen LogP contribution in [0.5, 0.6) is 0 Å². The van der Waals surface area contributed by atoms with E-state index in [9.17, 15) is 18.8 Å². The van der Waals surface area contributed by atoms with Gasteiger partial charge in [-0.1, -0.05) is 60.2 Å². The van der Waals surface area contributed by atoms with Crippen molar-refractivity contribution >= 4 is 17.7 Å². The molecule has 1 radical (unpaired) electrons. The number of pyridine rings is 2. The summed E-state index contributed by atoms with van der Waals surface area (Å²) in [5.74, 6) is -1.07. The van der Waals surface area contributed by atoms with Crippen molar-refractivity contribution in [2.75, 3.05) is 18.0 Å². The molecule has 0 unspecified atom stereocenters. The third-order valence-corrected chi connectivity index (χ3v) is 10.2. The molecule has 8 nitrogen and oxygen atoms in total. The van der Waals surface area contributed by atoms with Crippen LogP contribution in [0.25, 0.3) is 33.3 Å². The minimum Gasteiger partial charge on any atom is -0.477 e. The summed E-state index contributed by atoms with van der Waals surface area (Å²) < 4.78 is 31.8. The molecule has 0 spiro atoms. The van der Waals surface area contributed by atoms with E-state index in [0.717, 1.165) is 74.9 Å². The van der Waals surface area contributed by atoms with Crippen LogP contribution in [0.4, 0.5) is 14.5 Å². The van der Waals surface area contributed by atoms with E-state index >= 15 is 0 Å². The second-order valence-corrected chi connectivity index (χ2v) is 14.1. The van der Waals surface area contributed by atoms with Crippen molar-refractivity contribution in [2.45, 2.75) is 45.4 Å². The fraction of sp³-hybridized carbons (Fsp3) is 0.188. The van der Waals surface area contributed by atoms with Crippen LogP contribution in [0, 0.1) is 35.6 Å². The van der Waals surface area contributed by atoms with Crippen molar-refractivity contribution in [1.29, 1.82) is 5.26 Å². The van der Waals surface area contributed by atoms with Crippen LogP contribution in [0.2, 0.25) is 0 Å². The van der Waals surface area contributed by atoms with Gasteiger partial charge in [0.25, 0.3) is 5.70 Å². The molecule has 0 fully saturated rings. The molecule has 2 aromatic heterocycles.